The highest BCUT2D eigenvalue weighted by Gasteiger charge is 2.14. The van der Waals surface area contributed by atoms with Gasteiger partial charge in [0.2, 0.25) is 0 Å². The Balaban J connectivity index is 2.53. The first-order chi connectivity index (χ1) is 7.31. The number of nitrogens with zero attached hydrogens (tertiary/aromatic N) is 1. The van der Waals surface area contributed by atoms with Crippen molar-refractivity contribution in [2.24, 2.45) is 0 Å². The van der Waals surface area contributed by atoms with Crippen molar-refractivity contribution in [3.05, 3.63) is 22.4 Å². The fraction of sp³-hybridized carbons (Fsp3) is 0.667. The van der Waals surface area contributed by atoms with E-state index in [-0.39, 0.29) is 0 Å². The van der Waals surface area contributed by atoms with Crippen molar-refractivity contribution in [2.45, 2.75) is 32.9 Å². The maximum atomic E-state index is 3.27. The van der Waals surface area contributed by atoms with Gasteiger partial charge in [0.15, 0.2) is 0 Å². The highest BCUT2D eigenvalue weighted by Crippen LogP contribution is 2.14. The SMILES string of the molecule is CCC(CNC)N(CC)Cc1cccs1. The second-order valence-corrected chi connectivity index (χ2v) is 4.79. The van der Waals surface area contributed by atoms with Gasteiger partial charge < -0.3 is 5.32 Å². The standard InChI is InChI=1S/C12H22N2S/c1-4-11(9-13-3)14(5-2)10-12-7-6-8-15-12/h6-8,11,13H,4-5,9-10H2,1-3H3. The molecule has 86 valence electrons. The predicted octanol–water partition coefficient (Wildman–Crippen LogP) is 2.57. The summed E-state index contributed by atoms with van der Waals surface area (Å²) in [5.41, 5.74) is 0. The van der Waals surface area contributed by atoms with Crippen LogP contribution in [0.25, 0.3) is 0 Å². The highest BCUT2D eigenvalue weighted by atomic mass is 32.1. The van der Waals surface area contributed by atoms with Crippen LogP contribution >= 0.6 is 11.3 Å². The highest BCUT2D eigenvalue weighted by molar-refractivity contribution is 7.09. The van der Waals surface area contributed by atoms with Gasteiger partial charge in [-0.1, -0.05) is 19.9 Å². The van der Waals surface area contributed by atoms with E-state index in [0.717, 1.165) is 19.6 Å². The van der Waals surface area contributed by atoms with Crippen LogP contribution in [0.5, 0.6) is 0 Å². The number of likely N-dealkylation sites (N-methyl/N-ethyl adjacent to an activating group) is 2. The lowest BCUT2D eigenvalue weighted by Crippen LogP contribution is -2.40. The zero-order valence-electron chi connectivity index (χ0n) is 9.99. The van der Waals surface area contributed by atoms with Crippen LogP contribution in [0.2, 0.25) is 0 Å². The van der Waals surface area contributed by atoms with Crippen molar-refractivity contribution in [2.75, 3.05) is 20.1 Å². The summed E-state index contributed by atoms with van der Waals surface area (Å²) in [6, 6.07) is 5.01. The van der Waals surface area contributed by atoms with Crippen LogP contribution < -0.4 is 5.32 Å². The average Bonchev–Trinajstić information content (AvgIpc) is 2.75. The zero-order chi connectivity index (χ0) is 11.1. The summed E-state index contributed by atoms with van der Waals surface area (Å²) in [6.07, 6.45) is 1.21. The quantitative estimate of drug-likeness (QED) is 0.769. The van der Waals surface area contributed by atoms with Gasteiger partial charge in [-0.05, 0) is 31.5 Å². The molecule has 1 heterocycles. The molecule has 1 atom stereocenters. The van der Waals surface area contributed by atoms with Crippen LogP contribution in [0.3, 0.4) is 0 Å². The van der Waals surface area contributed by atoms with Gasteiger partial charge in [-0.15, -0.1) is 11.3 Å². The first-order valence-corrected chi connectivity index (χ1v) is 6.60. The Morgan fingerprint density at radius 2 is 2.27 bits per heavy atom. The van der Waals surface area contributed by atoms with E-state index < -0.39 is 0 Å². The molecule has 1 rings (SSSR count). The summed E-state index contributed by atoms with van der Waals surface area (Å²) in [5, 5.41) is 5.43. The minimum absolute atomic E-state index is 0.655. The lowest BCUT2D eigenvalue weighted by atomic mass is 10.2. The van der Waals surface area contributed by atoms with Crippen LogP contribution in [0.4, 0.5) is 0 Å². The Morgan fingerprint density at radius 3 is 2.73 bits per heavy atom. The third-order valence-electron chi connectivity index (χ3n) is 2.77. The first kappa shape index (κ1) is 12.7. The van der Waals surface area contributed by atoms with Crippen molar-refractivity contribution in [3.63, 3.8) is 0 Å². The summed E-state index contributed by atoms with van der Waals surface area (Å²) < 4.78 is 0. The molecule has 0 bridgehead atoms. The molecule has 0 saturated carbocycles. The first-order valence-electron chi connectivity index (χ1n) is 5.72. The van der Waals surface area contributed by atoms with Gasteiger partial charge in [0.25, 0.3) is 0 Å². The van der Waals surface area contributed by atoms with Crippen molar-refractivity contribution < 1.29 is 0 Å². The molecule has 0 radical (unpaired) electrons. The molecular formula is C12H22N2S. The summed E-state index contributed by atoms with van der Waals surface area (Å²) in [4.78, 5) is 4.01. The average molecular weight is 226 g/mol. The van der Waals surface area contributed by atoms with E-state index in [1.165, 1.54) is 11.3 Å². The maximum Gasteiger partial charge on any atom is 0.0331 e. The number of hydrogen-bond acceptors (Lipinski definition) is 3. The van der Waals surface area contributed by atoms with Crippen molar-refractivity contribution in [3.8, 4) is 0 Å². The predicted molar refractivity (Wildman–Crippen MR) is 68.4 cm³/mol. The van der Waals surface area contributed by atoms with Crippen LogP contribution in [-0.2, 0) is 6.54 Å². The number of hydrogen-bond donors (Lipinski definition) is 1. The Kier molecular flexibility index (Phi) is 5.91. The molecule has 0 amide bonds. The summed E-state index contributed by atoms with van der Waals surface area (Å²) >= 11 is 1.85. The van der Waals surface area contributed by atoms with Crippen LogP contribution in [0.15, 0.2) is 17.5 Å². The molecule has 15 heavy (non-hydrogen) atoms. The molecule has 0 fully saturated rings. The molecule has 2 nitrogen and oxygen atoms in total. The Bertz CT molecular complexity index is 246. The fourth-order valence-corrected chi connectivity index (χ4v) is 2.60. The van der Waals surface area contributed by atoms with E-state index in [1.807, 2.05) is 18.4 Å². The summed E-state index contributed by atoms with van der Waals surface area (Å²) in [5.74, 6) is 0. The molecule has 0 spiro atoms. The molecular weight excluding hydrogens is 204 g/mol. The Hall–Kier alpha value is -0.380. The van der Waals surface area contributed by atoms with Crippen LogP contribution in [0, 0.1) is 0 Å². The summed E-state index contributed by atoms with van der Waals surface area (Å²) in [7, 11) is 2.03. The third-order valence-corrected chi connectivity index (χ3v) is 3.63. The van der Waals surface area contributed by atoms with Crippen molar-refractivity contribution in [1.29, 1.82) is 0 Å². The zero-order valence-corrected chi connectivity index (χ0v) is 10.8. The topological polar surface area (TPSA) is 15.3 Å². The molecule has 0 aliphatic rings. The minimum Gasteiger partial charge on any atom is -0.318 e. The molecule has 1 N–H and O–H groups in total. The molecule has 0 aliphatic heterocycles. The Morgan fingerprint density at radius 1 is 1.47 bits per heavy atom. The molecule has 3 heteroatoms. The number of thiophene rings is 1. The molecule has 0 aromatic carbocycles. The van der Waals surface area contributed by atoms with E-state index in [9.17, 15) is 0 Å². The third kappa shape index (κ3) is 3.93. The largest absolute Gasteiger partial charge is 0.318 e. The molecule has 1 unspecified atom stereocenters. The summed E-state index contributed by atoms with van der Waals surface area (Å²) in [6.45, 7) is 7.80. The van der Waals surface area contributed by atoms with Gasteiger partial charge in [-0.25, -0.2) is 0 Å². The monoisotopic (exact) mass is 226 g/mol. The molecule has 1 aromatic heterocycles. The van der Waals surface area contributed by atoms with E-state index in [1.54, 1.807) is 0 Å². The van der Waals surface area contributed by atoms with Gasteiger partial charge in [0, 0.05) is 24.0 Å². The fourth-order valence-electron chi connectivity index (χ4n) is 1.87. The van der Waals surface area contributed by atoms with E-state index >= 15 is 0 Å². The molecule has 0 aliphatic carbocycles. The lowest BCUT2D eigenvalue weighted by Gasteiger charge is -2.29. The smallest absolute Gasteiger partial charge is 0.0331 e. The van der Waals surface area contributed by atoms with Gasteiger partial charge in [0.1, 0.15) is 0 Å². The Labute approximate surface area is 97.3 Å². The lowest BCUT2D eigenvalue weighted by molar-refractivity contribution is 0.191. The molecule has 1 aromatic rings. The number of rotatable bonds is 7. The van der Waals surface area contributed by atoms with Crippen molar-refractivity contribution in [1.82, 2.24) is 10.2 Å². The van der Waals surface area contributed by atoms with Gasteiger partial charge in [-0.2, -0.15) is 0 Å². The van der Waals surface area contributed by atoms with Gasteiger partial charge >= 0.3 is 0 Å². The van der Waals surface area contributed by atoms with E-state index in [0.29, 0.717) is 6.04 Å². The number of nitrogens with one attached hydrogen (secondary N) is 1. The van der Waals surface area contributed by atoms with Crippen LogP contribution in [-0.4, -0.2) is 31.1 Å². The minimum atomic E-state index is 0.655. The van der Waals surface area contributed by atoms with E-state index in [2.05, 4.69) is 41.6 Å². The van der Waals surface area contributed by atoms with Gasteiger partial charge in [-0.3, -0.25) is 4.90 Å². The van der Waals surface area contributed by atoms with Crippen LogP contribution in [0.1, 0.15) is 25.1 Å². The second kappa shape index (κ2) is 6.99. The van der Waals surface area contributed by atoms with E-state index in [4.69, 9.17) is 0 Å². The van der Waals surface area contributed by atoms with Crippen molar-refractivity contribution >= 4 is 11.3 Å². The van der Waals surface area contributed by atoms with Gasteiger partial charge in [0.05, 0.1) is 0 Å². The normalized spacial score (nSPS) is 13.3. The molecule has 0 saturated heterocycles. The maximum absolute atomic E-state index is 3.27. The second-order valence-electron chi connectivity index (χ2n) is 3.76.